The summed E-state index contributed by atoms with van der Waals surface area (Å²) in [6, 6.07) is 25.4. The van der Waals surface area contributed by atoms with E-state index in [0.717, 1.165) is 53.6 Å². The first-order chi connectivity index (χ1) is 19.5. The van der Waals surface area contributed by atoms with E-state index in [4.69, 9.17) is 9.72 Å². The van der Waals surface area contributed by atoms with Crippen molar-refractivity contribution in [3.63, 3.8) is 0 Å². The fraction of sp³-hybridized carbons (Fsp3) is 0.364. The Labute approximate surface area is 236 Å². The molecule has 1 heterocycles. The molecular formula is C33H38N4O3. The molecule has 1 atom stereocenters. The van der Waals surface area contributed by atoms with Crippen LogP contribution in [0.5, 0.6) is 5.75 Å². The van der Waals surface area contributed by atoms with E-state index in [1.807, 2.05) is 78.2 Å². The first-order valence-corrected chi connectivity index (χ1v) is 14.2. The van der Waals surface area contributed by atoms with Gasteiger partial charge in [0.05, 0.1) is 30.6 Å². The average Bonchev–Trinajstić information content (AvgIpc) is 3.35. The van der Waals surface area contributed by atoms with Crippen LogP contribution >= 0.6 is 0 Å². The minimum absolute atomic E-state index is 0.0805. The smallest absolute Gasteiger partial charge is 0.243 e. The van der Waals surface area contributed by atoms with Gasteiger partial charge in [0.15, 0.2) is 0 Å². The van der Waals surface area contributed by atoms with Gasteiger partial charge in [0.25, 0.3) is 0 Å². The van der Waals surface area contributed by atoms with E-state index in [2.05, 4.69) is 22.3 Å². The Kier molecular flexibility index (Phi) is 8.79. The Morgan fingerprint density at radius 3 is 2.38 bits per heavy atom. The summed E-state index contributed by atoms with van der Waals surface area (Å²) in [5.74, 6) is 1.42. The SMILES string of the molecule is COc1ccc(CC(=O)NC(C)c2nc3ccccc3n2CC(=O)N(Cc2ccccc2)C2CCCCC2)cc1. The summed E-state index contributed by atoms with van der Waals surface area (Å²) in [6.07, 6.45) is 5.86. The van der Waals surface area contributed by atoms with Gasteiger partial charge >= 0.3 is 0 Å². The number of nitrogens with zero attached hydrogens (tertiary/aromatic N) is 3. The predicted molar refractivity (Wildman–Crippen MR) is 157 cm³/mol. The predicted octanol–water partition coefficient (Wildman–Crippen LogP) is 5.83. The van der Waals surface area contributed by atoms with E-state index in [9.17, 15) is 9.59 Å². The van der Waals surface area contributed by atoms with E-state index in [1.165, 1.54) is 6.42 Å². The van der Waals surface area contributed by atoms with Crippen LogP contribution in [0.15, 0.2) is 78.9 Å². The number of nitrogens with one attached hydrogen (secondary N) is 1. The second-order valence-electron chi connectivity index (χ2n) is 10.7. The highest BCUT2D eigenvalue weighted by molar-refractivity contribution is 5.82. The molecule has 1 aromatic heterocycles. The molecule has 2 amide bonds. The molecule has 1 unspecified atom stereocenters. The van der Waals surface area contributed by atoms with Gasteiger partial charge in [-0.05, 0) is 55.2 Å². The lowest BCUT2D eigenvalue weighted by Gasteiger charge is -2.35. The van der Waals surface area contributed by atoms with Gasteiger partial charge in [-0.1, -0.05) is 73.9 Å². The summed E-state index contributed by atoms with van der Waals surface area (Å²) in [5.41, 5.74) is 3.74. The van der Waals surface area contributed by atoms with Gasteiger partial charge in [-0.25, -0.2) is 4.98 Å². The number of aromatic nitrogens is 2. The number of ether oxygens (including phenoxy) is 1. The summed E-state index contributed by atoms with van der Waals surface area (Å²) in [6.45, 7) is 2.70. The number of benzene rings is 3. The second kappa shape index (κ2) is 12.8. The van der Waals surface area contributed by atoms with Crippen molar-refractivity contribution < 1.29 is 14.3 Å². The highest BCUT2D eigenvalue weighted by Crippen LogP contribution is 2.26. The van der Waals surface area contributed by atoms with Crippen LogP contribution in [0.2, 0.25) is 0 Å². The van der Waals surface area contributed by atoms with Crippen molar-refractivity contribution in [1.29, 1.82) is 0 Å². The van der Waals surface area contributed by atoms with Crippen LogP contribution in [0.25, 0.3) is 11.0 Å². The molecule has 5 rings (SSSR count). The Morgan fingerprint density at radius 1 is 0.950 bits per heavy atom. The van der Waals surface area contributed by atoms with Crippen molar-refractivity contribution in [2.75, 3.05) is 7.11 Å². The summed E-state index contributed by atoms with van der Waals surface area (Å²) in [4.78, 5) is 33.9. The Bertz CT molecular complexity index is 1430. The first-order valence-electron chi connectivity index (χ1n) is 14.2. The molecular weight excluding hydrogens is 500 g/mol. The second-order valence-corrected chi connectivity index (χ2v) is 10.7. The number of hydrogen-bond donors (Lipinski definition) is 1. The molecule has 0 aliphatic heterocycles. The Hall–Kier alpha value is -4.13. The number of hydrogen-bond acceptors (Lipinski definition) is 4. The van der Waals surface area contributed by atoms with Crippen molar-refractivity contribution in [1.82, 2.24) is 19.8 Å². The molecule has 40 heavy (non-hydrogen) atoms. The molecule has 208 valence electrons. The minimum Gasteiger partial charge on any atom is -0.497 e. The van der Waals surface area contributed by atoms with E-state index in [-0.39, 0.29) is 36.9 Å². The third kappa shape index (κ3) is 6.53. The molecule has 1 aliphatic rings. The fourth-order valence-corrected chi connectivity index (χ4v) is 5.70. The third-order valence-electron chi connectivity index (χ3n) is 7.80. The lowest BCUT2D eigenvalue weighted by Crippen LogP contribution is -2.43. The number of methoxy groups -OCH3 is 1. The molecule has 1 fully saturated rings. The molecule has 3 aromatic carbocycles. The number of imidazole rings is 1. The van der Waals surface area contributed by atoms with E-state index >= 15 is 0 Å². The van der Waals surface area contributed by atoms with Gasteiger partial charge in [-0.3, -0.25) is 9.59 Å². The molecule has 0 bridgehead atoms. The number of para-hydroxylation sites is 2. The molecule has 7 nitrogen and oxygen atoms in total. The van der Waals surface area contributed by atoms with Crippen LogP contribution in [0.4, 0.5) is 0 Å². The monoisotopic (exact) mass is 538 g/mol. The van der Waals surface area contributed by atoms with E-state index in [0.29, 0.717) is 12.4 Å². The molecule has 0 saturated heterocycles. The van der Waals surface area contributed by atoms with Gasteiger partial charge in [-0.15, -0.1) is 0 Å². The maximum atomic E-state index is 14.0. The Balaban J connectivity index is 1.37. The molecule has 1 saturated carbocycles. The normalized spacial score (nSPS) is 14.6. The quantitative estimate of drug-likeness (QED) is 0.276. The maximum Gasteiger partial charge on any atom is 0.243 e. The zero-order valence-electron chi connectivity index (χ0n) is 23.4. The van der Waals surface area contributed by atoms with Gasteiger partial charge in [-0.2, -0.15) is 0 Å². The fourth-order valence-electron chi connectivity index (χ4n) is 5.70. The van der Waals surface area contributed by atoms with Crippen molar-refractivity contribution in [3.05, 3.63) is 95.8 Å². The van der Waals surface area contributed by atoms with Gasteiger partial charge in [0.1, 0.15) is 18.1 Å². The van der Waals surface area contributed by atoms with Crippen LogP contribution in [0.1, 0.15) is 62.0 Å². The standard InChI is InChI=1S/C33H38N4O3/c1-24(34-31(38)21-25-17-19-28(40-2)20-18-25)33-35-29-15-9-10-16-30(29)37(33)23-32(39)36(27-13-7-4-8-14-27)22-26-11-5-3-6-12-26/h3,5-6,9-12,15-20,24,27H,4,7-8,13-14,21-23H2,1-2H3,(H,34,38). The summed E-state index contributed by atoms with van der Waals surface area (Å²) < 4.78 is 7.20. The van der Waals surface area contributed by atoms with Gasteiger partial charge in [0.2, 0.25) is 11.8 Å². The van der Waals surface area contributed by atoms with Crippen LogP contribution in [0, 0.1) is 0 Å². The van der Waals surface area contributed by atoms with Crippen LogP contribution in [0.3, 0.4) is 0 Å². The average molecular weight is 539 g/mol. The van der Waals surface area contributed by atoms with E-state index in [1.54, 1.807) is 7.11 Å². The van der Waals surface area contributed by atoms with Crippen LogP contribution < -0.4 is 10.1 Å². The number of amides is 2. The lowest BCUT2D eigenvalue weighted by atomic mass is 9.93. The first kappa shape index (κ1) is 27.4. The van der Waals surface area contributed by atoms with Crippen molar-refractivity contribution >= 4 is 22.8 Å². The van der Waals surface area contributed by atoms with Gasteiger partial charge in [0, 0.05) is 12.6 Å². The number of carbonyl (C=O) groups is 2. The zero-order valence-corrected chi connectivity index (χ0v) is 23.4. The van der Waals surface area contributed by atoms with E-state index < -0.39 is 0 Å². The Morgan fingerprint density at radius 2 is 1.65 bits per heavy atom. The highest BCUT2D eigenvalue weighted by atomic mass is 16.5. The van der Waals surface area contributed by atoms with Crippen molar-refractivity contribution in [2.45, 2.75) is 70.6 Å². The van der Waals surface area contributed by atoms with Crippen LogP contribution in [-0.2, 0) is 29.1 Å². The summed E-state index contributed by atoms with van der Waals surface area (Å²) >= 11 is 0. The third-order valence-corrected chi connectivity index (χ3v) is 7.80. The largest absolute Gasteiger partial charge is 0.497 e. The molecule has 4 aromatic rings. The molecule has 1 aliphatic carbocycles. The maximum absolute atomic E-state index is 14.0. The molecule has 1 N–H and O–H groups in total. The topological polar surface area (TPSA) is 76.5 Å². The zero-order chi connectivity index (χ0) is 27.9. The van der Waals surface area contributed by atoms with Crippen LogP contribution in [-0.4, -0.2) is 39.4 Å². The van der Waals surface area contributed by atoms with Gasteiger partial charge < -0.3 is 19.5 Å². The van der Waals surface area contributed by atoms with Crippen molar-refractivity contribution in [3.8, 4) is 5.75 Å². The lowest BCUT2D eigenvalue weighted by molar-refractivity contribution is -0.135. The molecule has 0 spiro atoms. The van der Waals surface area contributed by atoms with Crippen molar-refractivity contribution in [2.24, 2.45) is 0 Å². The highest BCUT2D eigenvalue weighted by Gasteiger charge is 2.28. The summed E-state index contributed by atoms with van der Waals surface area (Å²) in [5, 5.41) is 3.10. The minimum atomic E-state index is -0.372. The molecule has 7 heteroatoms. The summed E-state index contributed by atoms with van der Waals surface area (Å²) in [7, 11) is 1.62. The molecule has 0 radical (unpaired) electrons. The number of carbonyl (C=O) groups excluding carboxylic acids is 2. The number of rotatable bonds is 10. The number of fused-ring (bicyclic) bond motifs is 1.